The molecule has 184 valence electrons. The Bertz CT molecular complexity index is 689. The summed E-state index contributed by atoms with van der Waals surface area (Å²) < 4.78 is 5.54. The summed E-state index contributed by atoms with van der Waals surface area (Å²) in [5.41, 5.74) is -0.198. The van der Waals surface area contributed by atoms with Crippen LogP contribution in [0.4, 0.5) is 0 Å². The lowest BCUT2D eigenvalue weighted by atomic mass is 9.98. The Morgan fingerprint density at radius 1 is 0.688 bits per heavy atom. The number of rotatable bonds is 20. The highest BCUT2D eigenvalue weighted by molar-refractivity contribution is 5.96. The molecule has 1 aromatic rings. The molecule has 0 spiro atoms. The zero-order valence-corrected chi connectivity index (χ0v) is 21.1. The van der Waals surface area contributed by atoms with Crippen LogP contribution in [0.1, 0.15) is 152 Å². The van der Waals surface area contributed by atoms with Crippen molar-refractivity contribution in [3.05, 3.63) is 27.3 Å². The molecule has 0 fully saturated rings. The average Bonchev–Trinajstić information content (AvgIpc) is 2.75. The first kappa shape index (κ1) is 28.5. The Kier molecular flexibility index (Phi) is 15.9. The van der Waals surface area contributed by atoms with Gasteiger partial charge in [-0.2, -0.15) is 0 Å². The smallest absolute Gasteiger partial charge is 0.350 e. The number of aryl methyl sites for hydroxylation is 1. The Hall–Kier alpha value is -1.58. The van der Waals surface area contributed by atoms with E-state index in [1.165, 1.54) is 90.4 Å². The third-order valence-electron chi connectivity index (χ3n) is 6.42. The lowest BCUT2D eigenvalue weighted by molar-refractivity contribution is 0.101. The normalized spacial score (nSPS) is 11.2. The van der Waals surface area contributed by atoms with E-state index < -0.39 is 11.4 Å². The molecule has 0 bridgehead atoms. The van der Waals surface area contributed by atoms with Gasteiger partial charge in [-0.3, -0.25) is 4.79 Å². The van der Waals surface area contributed by atoms with E-state index >= 15 is 0 Å². The molecule has 32 heavy (non-hydrogen) atoms. The van der Waals surface area contributed by atoms with Crippen LogP contribution in [0.15, 0.2) is 9.21 Å². The quantitative estimate of drug-likeness (QED) is 0.161. The van der Waals surface area contributed by atoms with Crippen molar-refractivity contribution in [2.75, 3.05) is 0 Å². The fraction of sp³-hybridized carbons (Fsp3) is 0.786. The average molecular weight is 449 g/mol. The molecule has 1 rings (SSSR count). The number of ketones is 1. The van der Waals surface area contributed by atoms with Crippen molar-refractivity contribution in [3.8, 4) is 5.75 Å². The maximum atomic E-state index is 12.3. The van der Waals surface area contributed by atoms with Crippen LogP contribution in [-0.2, 0) is 12.8 Å². The van der Waals surface area contributed by atoms with Crippen LogP contribution < -0.4 is 5.63 Å². The third-order valence-corrected chi connectivity index (χ3v) is 6.42. The number of unbranched alkanes of at least 4 members (excludes halogenated alkanes) is 15. The molecule has 1 aromatic heterocycles. The van der Waals surface area contributed by atoms with Crippen LogP contribution >= 0.6 is 0 Å². The lowest BCUT2D eigenvalue weighted by Crippen LogP contribution is -2.16. The Balaban J connectivity index is 2.55. The minimum atomic E-state index is -0.694. The van der Waals surface area contributed by atoms with Crippen LogP contribution in [-0.4, -0.2) is 10.9 Å². The van der Waals surface area contributed by atoms with Crippen LogP contribution in [0, 0.1) is 0 Å². The second-order valence-corrected chi connectivity index (χ2v) is 9.37. The van der Waals surface area contributed by atoms with Gasteiger partial charge in [-0.25, -0.2) is 4.79 Å². The first-order valence-electron chi connectivity index (χ1n) is 13.4. The highest BCUT2D eigenvalue weighted by Gasteiger charge is 2.21. The molecule has 0 saturated carbocycles. The summed E-state index contributed by atoms with van der Waals surface area (Å²) in [6, 6.07) is 0. The summed E-state index contributed by atoms with van der Waals surface area (Å²) >= 11 is 0. The number of hydrogen-bond donors (Lipinski definition) is 1. The Morgan fingerprint density at radius 2 is 1.09 bits per heavy atom. The summed E-state index contributed by atoms with van der Waals surface area (Å²) in [6.45, 7) is 5.78. The maximum absolute atomic E-state index is 12.3. The van der Waals surface area contributed by atoms with E-state index in [0.29, 0.717) is 24.2 Å². The monoisotopic (exact) mass is 448 g/mol. The van der Waals surface area contributed by atoms with E-state index in [1.54, 1.807) is 0 Å². The summed E-state index contributed by atoms with van der Waals surface area (Å²) in [5.74, 6) is 0.0223. The molecule has 0 atom stereocenters. The van der Waals surface area contributed by atoms with Gasteiger partial charge in [0.25, 0.3) is 0 Å². The predicted molar refractivity (Wildman–Crippen MR) is 134 cm³/mol. The molecule has 0 amide bonds. The fourth-order valence-electron chi connectivity index (χ4n) is 4.41. The van der Waals surface area contributed by atoms with Gasteiger partial charge in [-0.05, 0) is 26.2 Å². The van der Waals surface area contributed by atoms with Gasteiger partial charge in [0.1, 0.15) is 17.1 Å². The Labute approximate surface area is 196 Å². The Morgan fingerprint density at radius 3 is 1.53 bits per heavy atom. The molecule has 0 radical (unpaired) electrons. The van der Waals surface area contributed by atoms with Crippen molar-refractivity contribution in [1.82, 2.24) is 0 Å². The zero-order chi connectivity index (χ0) is 23.6. The standard InChI is InChI=1S/C28H48O4/c1-4-6-8-10-12-14-16-18-20-22-25-24(21-19-17-15-13-11-9-7-5-2)27(30)26(23(3)29)28(31)32-25/h30H,4-22H2,1-3H3. The number of aromatic hydroxyl groups is 1. The topological polar surface area (TPSA) is 67.5 Å². The van der Waals surface area contributed by atoms with Crippen LogP contribution in [0.5, 0.6) is 5.75 Å². The predicted octanol–water partition coefficient (Wildman–Crippen LogP) is 8.30. The molecule has 4 nitrogen and oxygen atoms in total. The summed E-state index contributed by atoms with van der Waals surface area (Å²) in [5, 5.41) is 10.7. The van der Waals surface area contributed by atoms with E-state index in [-0.39, 0.29) is 11.3 Å². The summed E-state index contributed by atoms with van der Waals surface area (Å²) in [4.78, 5) is 24.1. The molecule has 1 heterocycles. The molecule has 0 aliphatic heterocycles. The van der Waals surface area contributed by atoms with Gasteiger partial charge in [-0.15, -0.1) is 0 Å². The molecule has 0 saturated heterocycles. The fourth-order valence-corrected chi connectivity index (χ4v) is 4.41. The van der Waals surface area contributed by atoms with Gasteiger partial charge < -0.3 is 9.52 Å². The van der Waals surface area contributed by atoms with Crippen LogP contribution in [0.2, 0.25) is 0 Å². The van der Waals surface area contributed by atoms with Crippen molar-refractivity contribution in [3.63, 3.8) is 0 Å². The molecule has 1 N–H and O–H groups in total. The molecular formula is C28H48O4. The highest BCUT2D eigenvalue weighted by Crippen LogP contribution is 2.27. The van der Waals surface area contributed by atoms with Gasteiger partial charge in [0, 0.05) is 12.0 Å². The first-order chi connectivity index (χ1) is 15.5. The van der Waals surface area contributed by atoms with Crippen LogP contribution in [0.3, 0.4) is 0 Å². The number of carbonyl (C=O) groups is 1. The molecule has 0 aromatic carbocycles. The van der Waals surface area contributed by atoms with E-state index in [9.17, 15) is 14.7 Å². The van der Waals surface area contributed by atoms with Crippen molar-refractivity contribution >= 4 is 5.78 Å². The van der Waals surface area contributed by atoms with Crippen molar-refractivity contribution in [1.29, 1.82) is 0 Å². The number of Topliss-reactive ketones (excluding diaryl/α,β-unsaturated/α-hetero) is 1. The van der Waals surface area contributed by atoms with Crippen LogP contribution in [0.25, 0.3) is 0 Å². The van der Waals surface area contributed by atoms with Gasteiger partial charge in [-0.1, -0.05) is 110 Å². The van der Waals surface area contributed by atoms with E-state index in [2.05, 4.69) is 13.8 Å². The van der Waals surface area contributed by atoms with Gasteiger partial charge in [0.2, 0.25) is 0 Å². The molecule has 0 unspecified atom stereocenters. The van der Waals surface area contributed by atoms with E-state index in [4.69, 9.17) is 4.42 Å². The molecular weight excluding hydrogens is 400 g/mol. The maximum Gasteiger partial charge on any atom is 0.350 e. The van der Waals surface area contributed by atoms with E-state index in [0.717, 1.165) is 25.7 Å². The van der Waals surface area contributed by atoms with E-state index in [1.807, 2.05) is 0 Å². The van der Waals surface area contributed by atoms with Crippen molar-refractivity contribution in [2.45, 2.75) is 143 Å². The SMILES string of the molecule is CCCCCCCCCCCc1oc(=O)c(C(C)=O)c(O)c1CCCCCCCCCC. The highest BCUT2D eigenvalue weighted by atomic mass is 16.4. The zero-order valence-electron chi connectivity index (χ0n) is 21.1. The second-order valence-electron chi connectivity index (χ2n) is 9.37. The van der Waals surface area contributed by atoms with Crippen molar-refractivity contribution in [2.24, 2.45) is 0 Å². The third kappa shape index (κ3) is 11.3. The largest absolute Gasteiger partial charge is 0.506 e. The number of hydrogen-bond acceptors (Lipinski definition) is 4. The minimum Gasteiger partial charge on any atom is -0.506 e. The van der Waals surface area contributed by atoms with Gasteiger partial charge in [0.05, 0.1) is 0 Å². The summed E-state index contributed by atoms with van der Waals surface area (Å²) in [7, 11) is 0. The lowest BCUT2D eigenvalue weighted by Gasteiger charge is -2.12. The number of carbonyl (C=O) groups excluding carboxylic acids is 1. The molecule has 0 aliphatic carbocycles. The first-order valence-corrected chi connectivity index (χ1v) is 13.4. The van der Waals surface area contributed by atoms with Gasteiger partial charge in [0.15, 0.2) is 5.78 Å². The second kappa shape index (κ2) is 17.9. The minimum absolute atomic E-state index is 0.136. The molecule has 4 heteroatoms. The van der Waals surface area contributed by atoms with Gasteiger partial charge >= 0.3 is 5.63 Å². The van der Waals surface area contributed by atoms with Crippen molar-refractivity contribution < 1.29 is 14.3 Å². The molecule has 0 aliphatic rings. The summed E-state index contributed by atoms with van der Waals surface area (Å²) in [6.07, 6.45) is 22.0.